The molecule has 3 aromatic rings. The molecule has 0 spiro atoms. The molecule has 5 nitrogen and oxygen atoms in total. The minimum absolute atomic E-state index is 0.808. The van der Waals surface area contributed by atoms with Crippen LogP contribution in [0.3, 0.4) is 0 Å². The molecule has 0 aliphatic carbocycles. The maximum atomic E-state index is 4.75. The lowest BCUT2D eigenvalue weighted by molar-refractivity contribution is 0.283. The van der Waals surface area contributed by atoms with Crippen molar-refractivity contribution in [2.75, 3.05) is 42.9 Å². The third-order valence-electron chi connectivity index (χ3n) is 5.02. The number of piperazine rings is 1. The summed E-state index contributed by atoms with van der Waals surface area (Å²) in [5, 5.41) is 3.38. The van der Waals surface area contributed by atoms with Gasteiger partial charge in [0, 0.05) is 50.2 Å². The first-order valence-corrected chi connectivity index (χ1v) is 10.1. The van der Waals surface area contributed by atoms with Crippen LogP contribution < -0.4 is 10.2 Å². The smallest absolute Gasteiger partial charge is 0.227 e. The predicted octanol–water partition coefficient (Wildman–Crippen LogP) is 4.36. The van der Waals surface area contributed by atoms with Crippen molar-refractivity contribution in [1.29, 1.82) is 0 Å². The molecule has 2 aromatic carbocycles. The van der Waals surface area contributed by atoms with E-state index in [1.165, 1.54) is 5.56 Å². The molecule has 0 amide bonds. The summed E-state index contributed by atoms with van der Waals surface area (Å²) in [6, 6.07) is 22.6. The van der Waals surface area contributed by atoms with Gasteiger partial charge < -0.3 is 10.2 Å². The van der Waals surface area contributed by atoms with Crippen LogP contribution in [-0.2, 0) is 0 Å². The molecular formula is C24H27N5. The van der Waals surface area contributed by atoms with Gasteiger partial charge in [0.25, 0.3) is 0 Å². The molecule has 0 radical (unpaired) electrons. The Balaban J connectivity index is 1.34. The van der Waals surface area contributed by atoms with E-state index in [1.54, 1.807) is 0 Å². The van der Waals surface area contributed by atoms with E-state index in [9.17, 15) is 0 Å². The molecule has 1 aliphatic rings. The van der Waals surface area contributed by atoms with Crippen LogP contribution in [-0.4, -0.2) is 47.6 Å². The summed E-state index contributed by atoms with van der Waals surface area (Å²) >= 11 is 0. The molecule has 0 bridgehead atoms. The van der Waals surface area contributed by atoms with Gasteiger partial charge in [-0.05, 0) is 24.6 Å². The molecule has 4 rings (SSSR count). The van der Waals surface area contributed by atoms with Crippen LogP contribution in [0.5, 0.6) is 0 Å². The summed E-state index contributed by atoms with van der Waals surface area (Å²) in [6.07, 6.45) is 4.44. The van der Waals surface area contributed by atoms with Crippen molar-refractivity contribution in [2.24, 2.45) is 0 Å². The summed E-state index contributed by atoms with van der Waals surface area (Å²) in [5.74, 6) is 1.65. The Morgan fingerprint density at radius 1 is 0.897 bits per heavy atom. The summed E-state index contributed by atoms with van der Waals surface area (Å²) in [6.45, 7) is 6.89. The Kier molecular flexibility index (Phi) is 6.17. The quantitative estimate of drug-likeness (QED) is 0.683. The van der Waals surface area contributed by atoms with Gasteiger partial charge in [-0.3, -0.25) is 4.90 Å². The van der Waals surface area contributed by atoms with Gasteiger partial charge in [-0.15, -0.1) is 0 Å². The molecule has 1 aliphatic heterocycles. The van der Waals surface area contributed by atoms with Crippen molar-refractivity contribution >= 4 is 23.5 Å². The second-order valence-electron chi connectivity index (χ2n) is 7.29. The van der Waals surface area contributed by atoms with Crippen LogP contribution in [0.4, 0.5) is 17.5 Å². The highest BCUT2D eigenvalue weighted by Gasteiger charge is 2.19. The number of para-hydroxylation sites is 1. The molecule has 148 valence electrons. The van der Waals surface area contributed by atoms with E-state index < -0.39 is 0 Å². The Labute approximate surface area is 172 Å². The Bertz CT molecular complexity index is 932. The van der Waals surface area contributed by atoms with Gasteiger partial charge in [-0.1, -0.05) is 60.7 Å². The molecule has 1 fully saturated rings. The zero-order valence-corrected chi connectivity index (χ0v) is 16.8. The number of nitrogens with one attached hydrogen (secondary N) is 1. The van der Waals surface area contributed by atoms with Gasteiger partial charge in [0.05, 0.1) is 0 Å². The zero-order valence-electron chi connectivity index (χ0n) is 16.8. The van der Waals surface area contributed by atoms with Crippen LogP contribution >= 0.6 is 0 Å². The lowest BCUT2D eigenvalue weighted by atomic mass is 10.2. The highest BCUT2D eigenvalue weighted by atomic mass is 15.3. The average molecular weight is 386 g/mol. The fourth-order valence-electron chi connectivity index (χ4n) is 3.46. The third-order valence-corrected chi connectivity index (χ3v) is 5.02. The lowest BCUT2D eigenvalue weighted by Crippen LogP contribution is -2.47. The highest BCUT2D eigenvalue weighted by molar-refractivity contribution is 5.57. The van der Waals surface area contributed by atoms with E-state index >= 15 is 0 Å². The summed E-state index contributed by atoms with van der Waals surface area (Å²) in [7, 11) is 0. The van der Waals surface area contributed by atoms with Crippen LogP contribution in [0.15, 0.2) is 72.8 Å². The van der Waals surface area contributed by atoms with Crippen molar-refractivity contribution in [1.82, 2.24) is 14.9 Å². The first-order valence-electron chi connectivity index (χ1n) is 10.1. The Morgan fingerprint density at radius 3 is 2.31 bits per heavy atom. The van der Waals surface area contributed by atoms with Crippen molar-refractivity contribution in [2.45, 2.75) is 6.92 Å². The van der Waals surface area contributed by atoms with Gasteiger partial charge in [-0.2, -0.15) is 4.98 Å². The second kappa shape index (κ2) is 9.34. The van der Waals surface area contributed by atoms with E-state index in [0.717, 1.165) is 55.9 Å². The Hall–Kier alpha value is -3.18. The van der Waals surface area contributed by atoms with Crippen LogP contribution in [0.2, 0.25) is 0 Å². The largest absolute Gasteiger partial charge is 0.340 e. The number of aromatic nitrogens is 2. The first kappa shape index (κ1) is 19.2. The van der Waals surface area contributed by atoms with Crippen LogP contribution in [0, 0.1) is 6.92 Å². The maximum Gasteiger partial charge on any atom is 0.227 e. The van der Waals surface area contributed by atoms with Crippen molar-refractivity contribution in [3.05, 3.63) is 84.1 Å². The van der Waals surface area contributed by atoms with E-state index in [1.807, 2.05) is 49.4 Å². The summed E-state index contributed by atoms with van der Waals surface area (Å²) in [5.41, 5.74) is 3.26. The van der Waals surface area contributed by atoms with Gasteiger partial charge in [0.15, 0.2) is 0 Å². The predicted molar refractivity (Wildman–Crippen MR) is 121 cm³/mol. The number of aryl methyl sites for hydroxylation is 1. The van der Waals surface area contributed by atoms with Crippen molar-refractivity contribution in [3.63, 3.8) is 0 Å². The molecule has 5 heteroatoms. The van der Waals surface area contributed by atoms with Crippen molar-refractivity contribution in [3.8, 4) is 0 Å². The van der Waals surface area contributed by atoms with Gasteiger partial charge in [0.1, 0.15) is 5.82 Å². The van der Waals surface area contributed by atoms with Gasteiger partial charge in [0.2, 0.25) is 5.95 Å². The lowest BCUT2D eigenvalue weighted by Gasteiger charge is -2.34. The zero-order chi connectivity index (χ0) is 19.9. The van der Waals surface area contributed by atoms with Gasteiger partial charge >= 0.3 is 0 Å². The number of benzene rings is 2. The Morgan fingerprint density at radius 2 is 1.59 bits per heavy atom. The minimum Gasteiger partial charge on any atom is -0.340 e. The minimum atomic E-state index is 0.808. The number of hydrogen-bond donors (Lipinski definition) is 1. The van der Waals surface area contributed by atoms with E-state index in [2.05, 4.69) is 56.5 Å². The topological polar surface area (TPSA) is 44.3 Å². The molecule has 1 N–H and O–H groups in total. The SMILES string of the molecule is Cc1cc(Nc2ccccc2)nc(N2CCN(C/C=C/c3ccccc3)CC2)n1. The molecule has 1 aromatic heterocycles. The molecule has 2 heterocycles. The fraction of sp³-hybridized carbons (Fsp3) is 0.250. The number of anilines is 3. The van der Waals surface area contributed by atoms with Crippen molar-refractivity contribution < 1.29 is 0 Å². The van der Waals surface area contributed by atoms with Crippen LogP contribution in [0.1, 0.15) is 11.3 Å². The standard InChI is InChI=1S/C24H27N5/c1-20-19-23(26-22-12-6-3-7-13-22)27-24(25-20)29-17-15-28(16-18-29)14-8-11-21-9-4-2-5-10-21/h2-13,19H,14-18H2,1H3,(H,25,26,27)/b11-8+. The molecule has 29 heavy (non-hydrogen) atoms. The normalized spacial score (nSPS) is 15.0. The molecular weight excluding hydrogens is 358 g/mol. The first-order chi connectivity index (χ1) is 14.3. The number of nitrogens with zero attached hydrogens (tertiary/aromatic N) is 4. The summed E-state index contributed by atoms with van der Waals surface area (Å²) < 4.78 is 0. The number of hydrogen-bond acceptors (Lipinski definition) is 5. The second-order valence-corrected chi connectivity index (χ2v) is 7.29. The monoisotopic (exact) mass is 385 g/mol. The fourth-order valence-corrected chi connectivity index (χ4v) is 3.46. The average Bonchev–Trinajstić information content (AvgIpc) is 2.75. The van der Waals surface area contributed by atoms with E-state index in [-0.39, 0.29) is 0 Å². The van der Waals surface area contributed by atoms with E-state index in [0.29, 0.717) is 0 Å². The molecule has 0 unspecified atom stereocenters. The molecule has 0 saturated carbocycles. The highest BCUT2D eigenvalue weighted by Crippen LogP contribution is 2.19. The van der Waals surface area contributed by atoms with Gasteiger partial charge in [-0.25, -0.2) is 4.98 Å². The van der Waals surface area contributed by atoms with E-state index in [4.69, 9.17) is 4.98 Å². The number of rotatable bonds is 6. The van der Waals surface area contributed by atoms with Crippen LogP contribution in [0.25, 0.3) is 6.08 Å². The maximum absolute atomic E-state index is 4.75. The molecule has 1 saturated heterocycles. The summed E-state index contributed by atoms with van der Waals surface area (Å²) in [4.78, 5) is 14.2. The molecule has 0 atom stereocenters. The third kappa shape index (κ3) is 5.42.